The Bertz CT molecular complexity index is 693. The SMILES string of the molecule is Cc1cc(OCP(O)O)cc(C)c1Nc1ccc(O)c(C(C)C)c1. The molecule has 2 aromatic rings. The Hall–Kier alpha value is -1.81. The van der Waals surface area contributed by atoms with Crippen LogP contribution >= 0.6 is 8.38 Å². The Labute approximate surface area is 143 Å². The predicted octanol–water partition coefficient (Wildman–Crippen LogP) is 4.51. The fourth-order valence-corrected chi connectivity index (χ4v) is 2.84. The van der Waals surface area contributed by atoms with E-state index in [9.17, 15) is 5.11 Å². The van der Waals surface area contributed by atoms with Crippen LogP contribution in [0.4, 0.5) is 11.4 Å². The molecule has 0 fully saturated rings. The lowest BCUT2D eigenvalue weighted by atomic mass is 10.0. The van der Waals surface area contributed by atoms with E-state index in [1.807, 2.05) is 52.0 Å². The molecule has 5 nitrogen and oxygen atoms in total. The van der Waals surface area contributed by atoms with E-state index < -0.39 is 8.38 Å². The number of aromatic hydroxyl groups is 1. The van der Waals surface area contributed by atoms with Gasteiger partial charge in [0.25, 0.3) is 0 Å². The largest absolute Gasteiger partial charge is 0.508 e. The molecule has 0 saturated carbocycles. The molecule has 0 radical (unpaired) electrons. The summed E-state index contributed by atoms with van der Waals surface area (Å²) in [6.45, 7) is 8.01. The predicted molar refractivity (Wildman–Crippen MR) is 98.2 cm³/mol. The minimum Gasteiger partial charge on any atom is -0.508 e. The van der Waals surface area contributed by atoms with Crippen molar-refractivity contribution in [3.63, 3.8) is 0 Å². The second-order valence-electron chi connectivity index (χ2n) is 6.13. The van der Waals surface area contributed by atoms with Gasteiger partial charge in [0.15, 0.2) is 6.35 Å². The molecule has 0 aromatic heterocycles. The molecule has 0 aliphatic carbocycles. The van der Waals surface area contributed by atoms with Crippen LogP contribution in [0.1, 0.15) is 36.5 Å². The van der Waals surface area contributed by atoms with Gasteiger partial charge < -0.3 is 24.9 Å². The number of rotatable bonds is 6. The van der Waals surface area contributed by atoms with Crippen LogP contribution in [-0.4, -0.2) is 21.2 Å². The Morgan fingerprint density at radius 1 is 1.08 bits per heavy atom. The number of hydrogen-bond acceptors (Lipinski definition) is 5. The van der Waals surface area contributed by atoms with Crippen LogP contribution < -0.4 is 10.1 Å². The summed E-state index contributed by atoms with van der Waals surface area (Å²) in [5.74, 6) is 1.15. The van der Waals surface area contributed by atoms with Gasteiger partial charge in [0.1, 0.15) is 11.5 Å². The molecule has 0 bridgehead atoms. The standard InChI is InChI=1S/C18H24NO4P/c1-11(2)16-9-14(5-6-17(16)20)19-18-12(3)7-15(8-13(18)4)23-10-24(21)22/h5-9,11,19-22H,10H2,1-4H3. The second-order valence-corrected chi connectivity index (χ2v) is 7.13. The van der Waals surface area contributed by atoms with Crippen molar-refractivity contribution in [2.75, 3.05) is 11.7 Å². The summed E-state index contributed by atoms with van der Waals surface area (Å²) < 4.78 is 5.37. The summed E-state index contributed by atoms with van der Waals surface area (Å²) in [6.07, 6.45) is -0.100. The zero-order valence-electron chi connectivity index (χ0n) is 14.4. The third-order valence-electron chi connectivity index (χ3n) is 3.77. The Morgan fingerprint density at radius 3 is 2.25 bits per heavy atom. The Balaban J connectivity index is 2.25. The van der Waals surface area contributed by atoms with Gasteiger partial charge in [-0.25, -0.2) is 0 Å². The molecule has 0 spiro atoms. The van der Waals surface area contributed by atoms with Crippen LogP contribution in [0.3, 0.4) is 0 Å². The van der Waals surface area contributed by atoms with Gasteiger partial charge in [-0.3, -0.25) is 0 Å². The van der Waals surface area contributed by atoms with Crippen LogP contribution in [0.25, 0.3) is 0 Å². The average Bonchev–Trinajstić information content (AvgIpc) is 2.50. The molecule has 4 N–H and O–H groups in total. The van der Waals surface area contributed by atoms with E-state index in [0.29, 0.717) is 11.5 Å². The first-order valence-electron chi connectivity index (χ1n) is 7.77. The normalized spacial score (nSPS) is 11.2. The Morgan fingerprint density at radius 2 is 1.71 bits per heavy atom. The van der Waals surface area contributed by atoms with E-state index in [1.165, 1.54) is 0 Å². The number of hydrogen-bond donors (Lipinski definition) is 4. The topological polar surface area (TPSA) is 82.0 Å². The van der Waals surface area contributed by atoms with Crippen LogP contribution in [0.2, 0.25) is 0 Å². The number of anilines is 2. The van der Waals surface area contributed by atoms with Crippen molar-refractivity contribution < 1.29 is 19.6 Å². The van der Waals surface area contributed by atoms with E-state index in [1.54, 1.807) is 6.07 Å². The van der Waals surface area contributed by atoms with Crippen molar-refractivity contribution in [2.24, 2.45) is 0 Å². The summed E-state index contributed by atoms with van der Waals surface area (Å²) in [5.41, 5.74) is 4.76. The number of nitrogens with one attached hydrogen (secondary N) is 1. The lowest BCUT2D eigenvalue weighted by molar-refractivity contribution is 0.347. The number of phenols is 1. The van der Waals surface area contributed by atoms with Crippen LogP contribution in [0.5, 0.6) is 11.5 Å². The second kappa shape index (κ2) is 7.84. The highest BCUT2D eigenvalue weighted by molar-refractivity contribution is 7.44. The monoisotopic (exact) mass is 349 g/mol. The molecular weight excluding hydrogens is 325 g/mol. The molecule has 0 saturated heterocycles. The van der Waals surface area contributed by atoms with E-state index in [0.717, 1.165) is 28.1 Å². The van der Waals surface area contributed by atoms with Crippen molar-refractivity contribution in [3.8, 4) is 11.5 Å². The minimum atomic E-state index is -2.07. The van der Waals surface area contributed by atoms with Crippen LogP contribution in [0.15, 0.2) is 30.3 Å². The molecular formula is C18H24NO4P. The van der Waals surface area contributed by atoms with Crippen LogP contribution in [-0.2, 0) is 0 Å². The molecule has 0 atom stereocenters. The minimum absolute atomic E-state index is 0.100. The van der Waals surface area contributed by atoms with Crippen molar-refractivity contribution >= 4 is 19.8 Å². The van der Waals surface area contributed by atoms with Gasteiger partial charge in [-0.2, -0.15) is 0 Å². The smallest absolute Gasteiger partial charge is 0.205 e. The first-order chi connectivity index (χ1) is 11.3. The van der Waals surface area contributed by atoms with Gasteiger partial charge in [-0.05, 0) is 66.8 Å². The molecule has 0 unspecified atom stereocenters. The molecule has 24 heavy (non-hydrogen) atoms. The van der Waals surface area contributed by atoms with Gasteiger partial charge in [-0.15, -0.1) is 0 Å². The molecule has 2 rings (SSSR count). The van der Waals surface area contributed by atoms with Gasteiger partial charge in [0, 0.05) is 11.4 Å². The summed E-state index contributed by atoms with van der Waals surface area (Å²) in [7, 11) is -2.07. The molecule has 0 heterocycles. The number of phenolic OH excluding ortho intramolecular Hbond substituents is 1. The summed E-state index contributed by atoms with van der Waals surface area (Å²) in [6, 6.07) is 9.21. The molecule has 0 amide bonds. The highest BCUT2D eigenvalue weighted by Gasteiger charge is 2.11. The molecule has 130 valence electrons. The molecule has 2 aromatic carbocycles. The third kappa shape index (κ3) is 4.60. The van der Waals surface area contributed by atoms with Crippen molar-refractivity contribution in [1.82, 2.24) is 0 Å². The summed E-state index contributed by atoms with van der Waals surface area (Å²) in [5, 5.41) is 13.3. The lowest BCUT2D eigenvalue weighted by Gasteiger charge is -2.17. The van der Waals surface area contributed by atoms with Crippen LogP contribution in [0, 0.1) is 13.8 Å². The fraction of sp³-hybridized carbons (Fsp3) is 0.333. The van der Waals surface area contributed by atoms with E-state index in [-0.39, 0.29) is 12.3 Å². The molecule has 0 aliphatic rings. The van der Waals surface area contributed by atoms with Crippen molar-refractivity contribution in [2.45, 2.75) is 33.6 Å². The zero-order valence-corrected chi connectivity index (χ0v) is 15.3. The van der Waals surface area contributed by atoms with Gasteiger partial charge in [0.2, 0.25) is 8.38 Å². The maximum absolute atomic E-state index is 9.94. The average molecular weight is 349 g/mol. The lowest BCUT2D eigenvalue weighted by Crippen LogP contribution is -2.00. The molecule has 0 aliphatic heterocycles. The van der Waals surface area contributed by atoms with Gasteiger partial charge >= 0.3 is 0 Å². The van der Waals surface area contributed by atoms with Crippen molar-refractivity contribution in [3.05, 3.63) is 47.0 Å². The maximum Gasteiger partial charge on any atom is 0.205 e. The summed E-state index contributed by atoms with van der Waals surface area (Å²) in [4.78, 5) is 17.9. The maximum atomic E-state index is 9.94. The van der Waals surface area contributed by atoms with E-state index in [2.05, 4.69) is 5.32 Å². The zero-order chi connectivity index (χ0) is 17.9. The van der Waals surface area contributed by atoms with E-state index >= 15 is 0 Å². The number of aryl methyl sites for hydroxylation is 2. The van der Waals surface area contributed by atoms with Gasteiger partial charge in [0.05, 0.1) is 0 Å². The van der Waals surface area contributed by atoms with E-state index in [4.69, 9.17) is 14.5 Å². The fourth-order valence-electron chi connectivity index (χ4n) is 2.58. The Kier molecular flexibility index (Phi) is 6.05. The molecule has 6 heteroatoms. The highest BCUT2D eigenvalue weighted by Crippen LogP contribution is 2.33. The number of ether oxygens (including phenoxy) is 1. The number of benzene rings is 2. The van der Waals surface area contributed by atoms with Crippen molar-refractivity contribution in [1.29, 1.82) is 0 Å². The first-order valence-corrected chi connectivity index (χ1v) is 9.20. The van der Waals surface area contributed by atoms with Gasteiger partial charge in [-0.1, -0.05) is 13.8 Å². The third-order valence-corrected chi connectivity index (χ3v) is 4.13. The highest BCUT2D eigenvalue weighted by atomic mass is 31.2. The quantitative estimate of drug-likeness (QED) is 0.456. The first kappa shape index (κ1) is 18.5. The summed E-state index contributed by atoms with van der Waals surface area (Å²) >= 11 is 0.